The lowest BCUT2D eigenvalue weighted by Gasteiger charge is -2.22. The molecule has 0 radical (unpaired) electrons. The number of nitrogens with one attached hydrogen (secondary N) is 1. The Morgan fingerprint density at radius 2 is 1.89 bits per heavy atom. The normalized spacial score (nSPS) is 17.9. The van der Waals surface area contributed by atoms with E-state index in [-0.39, 0.29) is 12.1 Å². The number of fused-ring (bicyclic) bond motifs is 1. The van der Waals surface area contributed by atoms with Crippen molar-refractivity contribution in [2.45, 2.75) is 37.8 Å². The van der Waals surface area contributed by atoms with E-state index < -0.39 is 11.3 Å². The van der Waals surface area contributed by atoms with E-state index >= 15 is 0 Å². The molecule has 5 nitrogen and oxygen atoms in total. The largest absolute Gasteiger partial charge is 0.388 e. The lowest BCUT2D eigenvalue weighted by Crippen LogP contribution is -2.43. The van der Waals surface area contributed by atoms with Gasteiger partial charge in [0.25, 0.3) is 5.56 Å². The first-order valence-corrected chi connectivity index (χ1v) is 6.53. The van der Waals surface area contributed by atoms with Crippen molar-refractivity contribution in [3.8, 4) is 0 Å². The summed E-state index contributed by atoms with van der Waals surface area (Å²) in [7, 11) is 0. The minimum absolute atomic E-state index is 0.0754. The number of rotatable bonds is 2. The van der Waals surface area contributed by atoms with Gasteiger partial charge in [0.1, 0.15) is 0 Å². The molecule has 1 saturated carbocycles. The van der Waals surface area contributed by atoms with Crippen molar-refractivity contribution in [2.24, 2.45) is 0 Å². The Kier molecular flexibility index (Phi) is 2.78. The van der Waals surface area contributed by atoms with Gasteiger partial charge in [-0.05, 0) is 25.0 Å². The predicted molar refractivity (Wildman–Crippen MR) is 72.2 cm³/mol. The molecule has 0 aliphatic heterocycles. The topological polar surface area (TPSA) is 75.1 Å². The summed E-state index contributed by atoms with van der Waals surface area (Å²) in [5.74, 6) is 0. The van der Waals surface area contributed by atoms with Crippen LogP contribution in [-0.4, -0.2) is 20.3 Å². The van der Waals surface area contributed by atoms with E-state index in [0.717, 1.165) is 17.4 Å². The molecule has 1 aliphatic carbocycles. The van der Waals surface area contributed by atoms with Crippen molar-refractivity contribution in [1.82, 2.24) is 9.55 Å². The van der Waals surface area contributed by atoms with Gasteiger partial charge in [0, 0.05) is 0 Å². The Bertz CT molecular complexity index is 723. The highest BCUT2D eigenvalue weighted by molar-refractivity contribution is 5.76. The summed E-state index contributed by atoms with van der Waals surface area (Å²) >= 11 is 0. The van der Waals surface area contributed by atoms with Gasteiger partial charge >= 0.3 is 5.69 Å². The minimum atomic E-state index is -0.917. The average molecular weight is 260 g/mol. The maximum absolute atomic E-state index is 12.3. The van der Waals surface area contributed by atoms with Crippen LogP contribution in [0.3, 0.4) is 0 Å². The molecular weight excluding hydrogens is 244 g/mol. The van der Waals surface area contributed by atoms with Gasteiger partial charge in [0.2, 0.25) is 0 Å². The number of hydrogen-bond donors (Lipinski definition) is 2. The second-order valence-corrected chi connectivity index (χ2v) is 5.30. The molecular formula is C14H16N2O3. The lowest BCUT2D eigenvalue weighted by molar-refractivity contribution is 0.0279. The van der Waals surface area contributed by atoms with Crippen molar-refractivity contribution >= 4 is 10.9 Å². The number of nitrogens with zero attached hydrogens (tertiary/aromatic N) is 1. The van der Waals surface area contributed by atoms with Crippen LogP contribution < -0.4 is 11.2 Å². The number of benzene rings is 1. The van der Waals surface area contributed by atoms with E-state index in [9.17, 15) is 14.7 Å². The van der Waals surface area contributed by atoms with Crippen LogP contribution in [0.1, 0.15) is 25.7 Å². The molecule has 0 atom stereocenters. The third-order valence-electron chi connectivity index (χ3n) is 3.88. The summed E-state index contributed by atoms with van der Waals surface area (Å²) in [5.41, 5.74) is -1.17. The second kappa shape index (κ2) is 4.35. The summed E-state index contributed by atoms with van der Waals surface area (Å²) in [5, 5.41) is 10.8. The van der Waals surface area contributed by atoms with Crippen molar-refractivity contribution in [3.63, 3.8) is 0 Å². The summed E-state index contributed by atoms with van der Waals surface area (Å²) in [4.78, 5) is 27.0. The van der Waals surface area contributed by atoms with Crippen LogP contribution in [-0.2, 0) is 6.54 Å². The van der Waals surface area contributed by atoms with Gasteiger partial charge in [0.15, 0.2) is 0 Å². The maximum atomic E-state index is 12.3. The number of aromatic nitrogens is 2. The quantitative estimate of drug-likeness (QED) is 0.845. The van der Waals surface area contributed by atoms with E-state index in [1.807, 2.05) is 0 Å². The van der Waals surface area contributed by atoms with Gasteiger partial charge in [-0.1, -0.05) is 25.0 Å². The molecule has 5 heteroatoms. The van der Waals surface area contributed by atoms with E-state index in [0.29, 0.717) is 23.7 Å². The molecule has 0 spiro atoms. The second-order valence-electron chi connectivity index (χ2n) is 5.30. The van der Waals surface area contributed by atoms with Crippen molar-refractivity contribution in [2.75, 3.05) is 0 Å². The first kappa shape index (κ1) is 12.2. The van der Waals surface area contributed by atoms with E-state index in [4.69, 9.17) is 0 Å². The predicted octanol–water partition coefficient (Wildman–Crippen LogP) is 0.995. The van der Waals surface area contributed by atoms with Crippen LogP contribution in [0.15, 0.2) is 33.9 Å². The lowest BCUT2D eigenvalue weighted by atomic mass is 10.0. The molecule has 1 fully saturated rings. The summed E-state index contributed by atoms with van der Waals surface area (Å²) < 4.78 is 1.12. The van der Waals surface area contributed by atoms with Crippen LogP contribution >= 0.6 is 0 Å². The Labute approximate surface area is 109 Å². The number of aliphatic hydroxyl groups is 1. The van der Waals surface area contributed by atoms with Crippen LogP contribution in [0.4, 0.5) is 0 Å². The molecule has 19 heavy (non-hydrogen) atoms. The smallest absolute Gasteiger partial charge is 0.328 e. The van der Waals surface area contributed by atoms with Crippen LogP contribution in [0, 0.1) is 0 Å². The molecule has 0 amide bonds. The van der Waals surface area contributed by atoms with Gasteiger partial charge in [-0.2, -0.15) is 0 Å². The van der Waals surface area contributed by atoms with Gasteiger partial charge < -0.3 is 10.1 Å². The molecule has 0 saturated heterocycles. The Morgan fingerprint density at radius 3 is 2.63 bits per heavy atom. The summed E-state index contributed by atoms with van der Waals surface area (Å²) in [6.07, 6.45) is 3.17. The Balaban J connectivity index is 2.13. The van der Waals surface area contributed by atoms with Gasteiger partial charge in [-0.25, -0.2) is 4.79 Å². The molecule has 2 aromatic rings. The first-order valence-electron chi connectivity index (χ1n) is 6.53. The average Bonchev–Trinajstić information content (AvgIpc) is 2.82. The molecule has 1 aromatic heterocycles. The highest BCUT2D eigenvalue weighted by Crippen LogP contribution is 2.30. The zero-order chi connectivity index (χ0) is 13.5. The van der Waals surface area contributed by atoms with E-state index in [2.05, 4.69) is 4.98 Å². The van der Waals surface area contributed by atoms with Gasteiger partial charge in [-0.3, -0.25) is 9.36 Å². The number of hydrogen-bond acceptors (Lipinski definition) is 3. The van der Waals surface area contributed by atoms with E-state index in [1.54, 1.807) is 24.3 Å². The van der Waals surface area contributed by atoms with E-state index in [1.165, 1.54) is 0 Å². The van der Waals surface area contributed by atoms with Crippen molar-refractivity contribution < 1.29 is 5.11 Å². The minimum Gasteiger partial charge on any atom is -0.388 e. The monoisotopic (exact) mass is 260 g/mol. The zero-order valence-corrected chi connectivity index (χ0v) is 10.6. The molecule has 1 heterocycles. The molecule has 100 valence electrons. The fourth-order valence-corrected chi connectivity index (χ4v) is 2.83. The first-order chi connectivity index (χ1) is 9.09. The van der Waals surface area contributed by atoms with Crippen molar-refractivity contribution in [1.29, 1.82) is 0 Å². The summed E-state index contributed by atoms with van der Waals surface area (Å²) in [6.45, 7) is 0.0754. The number of aromatic amines is 1. The third kappa shape index (κ3) is 2.10. The maximum Gasteiger partial charge on any atom is 0.328 e. The standard InChI is InChI=1S/C14H16N2O3/c17-12-10-5-1-2-6-11(10)15-13(18)16(12)9-14(19)7-3-4-8-14/h1-2,5-6,19H,3-4,7-9H2,(H,15,18). The van der Waals surface area contributed by atoms with Crippen LogP contribution in [0.25, 0.3) is 10.9 Å². The number of H-pyrrole nitrogens is 1. The SMILES string of the molecule is O=c1[nH]c2ccccc2c(=O)n1CC1(O)CCCC1. The van der Waals surface area contributed by atoms with Gasteiger partial charge in [-0.15, -0.1) is 0 Å². The highest BCUT2D eigenvalue weighted by atomic mass is 16.3. The fourth-order valence-electron chi connectivity index (χ4n) is 2.83. The molecule has 0 bridgehead atoms. The van der Waals surface area contributed by atoms with Gasteiger partial charge in [0.05, 0.1) is 23.0 Å². The Morgan fingerprint density at radius 1 is 1.21 bits per heavy atom. The highest BCUT2D eigenvalue weighted by Gasteiger charge is 2.32. The third-order valence-corrected chi connectivity index (χ3v) is 3.88. The molecule has 1 aliphatic rings. The fraction of sp³-hybridized carbons (Fsp3) is 0.429. The van der Waals surface area contributed by atoms with Crippen LogP contribution in [0.2, 0.25) is 0 Å². The molecule has 3 rings (SSSR count). The summed E-state index contributed by atoms with van der Waals surface area (Å²) in [6, 6.07) is 6.92. The van der Waals surface area contributed by atoms with Crippen LogP contribution in [0.5, 0.6) is 0 Å². The molecule has 0 unspecified atom stereocenters. The van der Waals surface area contributed by atoms with Crippen molar-refractivity contribution in [3.05, 3.63) is 45.1 Å². The Hall–Kier alpha value is -1.88. The zero-order valence-electron chi connectivity index (χ0n) is 10.6. The number of para-hydroxylation sites is 1. The molecule has 2 N–H and O–H groups in total. The molecule has 1 aromatic carbocycles.